The van der Waals surface area contributed by atoms with E-state index in [9.17, 15) is 9.59 Å². The maximum absolute atomic E-state index is 12.4. The molecule has 3 aliphatic rings. The second kappa shape index (κ2) is 5.99. The van der Waals surface area contributed by atoms with Crippen LogP contribution in [0.5, 0.6) is 0 Å². The highest BCUT2D eigenvalue weighted by atomic mass is 16.2. The molecule has 0 aliphatic carbocycles. The Kier molecular flexibility index (Phi) is 4.10. The number of urea groups is 1. The SMILES string of the molecule is O=C([C@H]1CCCNC1)N1CCC(N2CCNC2=O)CC1. The Morgan fingerprint density at radius 1 is 1.10 bits per heavy atom. The molecule has 0 unspecified atom stereocenters. The number of nitrogens with zero attached hydrogens (tertiary/aromatic N) is 2. The third kappa shape index (κ3) is 2.75. The molecular formula is C14H24N4O2. The summed E-state index contributed by atoms with van der Waals surface area (Å²) in [7, 11) is 0. The maximum Gasteiger partial charge on any atom is 0.317 e. The molecule has 2 N–H and O–H groups in total. The van der Waals surface area contributed by atoms with Crippen molar-refractivity contribution in [2.45, 2.75) is 31.7 Å². The third-order valence-electron chi connectivity index (χ3n) is 4.75. The Morgan fingerprint density at radius 3 is 2.50 bits per heavy atom. The van der Waals surface area contributed by atoms with Crippen LogP contribution >= 0.6 is 0 Å². The first-order chi connectivity index (χ1) is 9.75. The molecule has 3 rings (SSSR count). The van der Waals surface area contributed by atoms with E-state index in [0.717, 1.165) is 65.0 Å². The predicted octanol–water partition coefficient (Wildman–Crippen LogP) is 0.00220. The van der Waals surface area contributed by atoms with Gasteiger partial charge in [-0.2, -0.15) is 0 Å². The van der Waals surface area contributed by atoms with E-state index in [1.807, 2.05) is 9.80 Å². The Balaban J connectivity index is 1.50. The molecule has 0 aromatic heterocycles. The number of nitrogens with one attached hydrogen (secondary N) is 2. The van der Waals surface area contributed by atoms with E-state index in [4.69, 9.17) is 0 Å². The first kappa shape index (κ1) is 13.7. The van der Waals surface area contributed by atoms with Gasteiger partial charge in [-0.15, -0.1) is 0 Å². The fourth-order valence-electron chi connectivity index (χ4n) is 3.55. The van der Waals surface area contributed by atoms with Crippen LogP contribution in [0.25, 0.3) is 0 Å². The average Bonchev–Trinajstić information content (AvgIpc) is 2.94. The van der Waals surface area contributed by atoms with E-state index in [1.54, 1.807) is 0 Å². The van der Waals surface area contributed by atoms with Crippen LogP contribution < -0.4 is 10.6 Å². The van der Waals surface area contributed by atoms with Crippen molar-refractivity contribution < 1.29 is 9.59 Å². The molecule has 6 nitrogen and oxygen atoms in total. The predicted molar refractivity (Wildman–Crippen MR) is 75.3 cm³/mol. The van der Waals surface area contributed by atoms with Gasteiger partial charge in [0.15, 0.2) is 0 Å². The summed E-state index contributed by atoms with van der Waals surface area (Å²) in [6.45, 7) is 5.02. The van der Waals surface area contributed by atoms with Crippen molar-refractivity contribution in [1.29, 1.82) is 0 Å². The molecule has 1 atom stereocenters. The number of amides is 3. The molecule has 0 spiro atoms. The molecule has 6 heteroatoms. The van der Waals surface area contributed by atoms with Gasteiger partial charge in [0.2, 0.25) is 5.91 Å². The van der Waals surface area contributed by atoms with Crippen molar-refractivity contribution in [3.05, 3.63) is 0 Å². The normalized spacial score (nSPS) is 28.6. The molecule has 0 aromatic rings. The van der Waals surface area contributed by atoms with Crippen LogP contribution in [0.4, 0.5) is 4.79 Å². The van der Waals surface area contributed by atoms with Gasteiger partial charge in [0, 0.05) is 38.8 Å². The molecule has 0 saturated carbocycles. The van der Waals surface area contributed by atoms with Crippen LogP contribution in [0, 0.1) is 5.92 Å². The number of piperidine rings is 2. The molecule has 3 saturated heterocycles. The fraction of sp³-hybridized carbons (Fsp3) is 0.857. The minimum atomic E-state index is 0.0613. The molecule has 3 heterocycles. The van der Waals surface area contributed by atoms with Crippen LogP contribution in [0.1, 0.15) is 25.7 Å². The van der Waals surface area contributed by atoms with E-state index < -0.39 is 0 Å². The smallest absolute Gasteiger partial charge is 0.317 e. The summed E-state index contributed by atoms with van der Waals surface area (Å²) in [5.41, 5.74) is 0. The summed E-state index contributed by atoms with van der Waals surface area (Å²) in [6, 6.07) is 0.372. The second-order valence-corrected chi connectivity index (χ2v) is 6.03. The highest BCUT2D eigenvalue weighted by Crippen LogP contribution is 2.21. The van der Waals surface area contributed by atoms with Gasteiger partial charge in [-0.3, -0.25) is 4.79 Å². The monoisotopic (exact) mass is 280 g/mol. The molecule has 112 valence electrons. The Labute approximate surface area is 119 Å². The van der Waals surface area contributed by atoms with Crippen molar-refractivity contribution in [3.8, 4) is 0 Å². The minimum Gasteiger partial charge on any atom is -0.342 e. The van der Waals surface area contributed by atoms with Crippen LogP contribution in [0.3, 0.4) is 0 Å². The summed E-state index contributed by atoms with van der Waals surface area (Å²) in [5.74, 6) is 0.469. The molecule has 0 aromatic carbocycles. The molecule has 0 radical (unpaired) electrons. The van der Waals surface area contributed by atoms with Gasteiger partial charge in [-0.05, 0) is 32.2 Å². The van der Waals surface area contributed by atoms with Gasteiger partial charge in [0.25, 0.3) is 0 Å². The Bertz CT molecular complexity index is 373. The van der Waals surface area contributed by atoms with E-state index in [2.05, 4.69) is 10.6 Å². The maximum atomic E-state index is 12.4. The van der Waals surface area contributed by atoms with Crippen molar-refractivity contribution in [2.75, 3.05) is 39.3 Å². The summed E-state index contributed by atoms with van der Waals surface area (Å²) in [6.07, 6.45) is 3.94. The molecule has 3 amide bonds. The highest BCUT2D eigenvalue weighted by molar-refractivity contribution is 5.79. The number of carbonyl (C=O) groups is 2. The largest absolute Gasteiger partial charge is 0.342 e. The number of likely N-dealkylation sites (tertiary alicyclic amines) is 1. The average molecular weight is 280 g/mol. The van der Waals surface area contributed by atoms with Gasteiger partial charge in [0.1, 0.15) is 0 Å². The summed E-state index contributed by atoms with van der Waals surface area (Å²) in [5, 5.41) is 6.16. The fourth-order valence-corrected chi connectivity index (χ4v) is 3.55. The third-order valence-corrected chi connectivity index (χ3v) is 4.75. The van der Waals surface area contributed by atoms with E-state index in [0.29, 0.717) is 11.9 Å². The van der Waals surface area contributed by atoms with E-state index in [-0.39, 0.29) is 11.9 Å². The number of rotatable bonds is 2. The van der Waals surface area contributed by atoms with Gasteiger partial charge in [-0.25, -0.2) is 4.79 Å². The van der Waals surface area contributed by atoms with Gasteiger partial charge in [0.05, 0.1) is 5.92 Å². The molecule has 20 heavy (non-hydrogen) atoms. The lowest BCUT2D eigenvalue weighted by molar-refractivity contribution is -0.137. The van der Waals surface area contributed by atoms with Crippen LogP contribution in [-0.2, 0) is 4.79 Å². The Morgan fingerprint density at radius 2 is 1.90 bits per heavy atom. The zero-order valence-corrected chi connectivity index (χ0v) is 11.9. The quantitative estimate of drug-likeness (QED) is 0.748. The molecule has 3 fully saturated rings. The van der Waals surface area contributed by atoms with E-state index >= 15 is 0 Å². The lowest BCUT2D eigenvalue weighted by atomic mass is 9.96. The van der Waals surface area contributed by atoms with Crippen LogP contribution in [-0.4, -0.2) is 67.0 Å². The van der Waals surface area contributed by atoms with Crippen molar-refractivity contribution in [1.82, 2.24) is 20.4 Å². The zero-order valence-electron chi connectivity index (χ0n) is 11.9. The van der Waals surface area contributed by atoms with Gasteiger partial charge < -0.3 is 20.4 Å². The van der Waals surface area contributed by atoms with Crippen LogP contribution in [0.15, 0.2) is 0 Å². The topological polar surface area (TPSA) is 64.7 Å². The van der Waals surface area contributed by atoms with Crippen molar-refractivity contribution in [2.24, 2.45) is 5.92 Å². The Hall–Kier alpha value is -1.30. The first-order valence-corrected chi connectivity index (χ1v) is 7.79. The molecule has 0 bridgehead atoms. The summed E-state index contributed by atoms with van der Waals surface area (Å²) < 4.78 is 0. The highest BCUT2D eigenvalue weighted by Gasteiger charge is 2.33. The zero-order chi connectivity index (χ0) is 13.9. The van der Waals surface area contributed by atoms with Gasteiger partial charge in [-0.1, -0.05) is 0 Å². The standard InChI is InChI=1S/C14H24N4O2/c19-13(11-2-1-5-15-10-11)17-7-3-12(4-8-17)18-9-6-16-14(18)20/h11-12,15H,1-10H2,(H,16,20)/t11-/m0/s1. The number of hydrogen-bond acceptors (Lipinski definition) is 3. The van der Waals surface area contributed by atoms with E-state index in [1.165, 1.54) is 0 Å². The molecule has 3 aliphatic heterocycles. The summed E-state index contributed by atoms with van der Waals surface area (Å²) in [4.78, 5) is 28.0. The minimum absolute atomic E-state index is 0.0613. The molecular weight excluding hydrogens is 256 g/mol. The van der Waals surface area contributed by atoms with Crippen molar-refractivity contribution in [3.63, 3.8) is 0 Å². The first-order valence-electron chi connectivity index (χ1n) is 7.79. The lowest BCUT2D eigenvalue weighted by Gasteiger charge is -2.38. The van der Waals surface area contributed by atoms with Crippen molar-refractivity contribution >= 4 is 11.9 Å². The second-order valence-electron chi connectivity index (χ2n) is 6.03. The number of hydrogen-bond donors (Lipinski definition) is 2. The number of carbonyl (C=O) groups excluding carboxylic acids is 2. The van der Waals surface area contributed by atoms with Crippen LogP contribution in [0.2, 0.25) is 0 Å². The summed E-state index contributed by atoms with van der Waals surface area (Å²) >= 11 is 0. The van der Waals surface area contributed by atoms with Gasteiger partial charge >= 0.3 is 6.03 Å². The lowest BCUT2D eigenvalue weighted by Crippen LogP contribution is -2.50.